The smallest absolute Gasteiger partial charge is 0.0618 e. The summed E-state index contributed by atoms with van der Waals surface area (Å²) in [4.78, 5) is 2.50. The van der Waals surface area contributed by atoms with Gasteiger partial charge in [-0.1, -0.05) is 184 Å². The van der Waals surface area contributed by atoms with E-state index in [1.807, 2.05) is 0 Å². The second-order valence-corrected chi connectivity index (χ2v) is 16.4. The molecule has 12 rings (SSSR count). The van der Waals surface area contributed by atoms with Gasteiger partial charge in [0.25, 0.3) is 0 Å². The van der Waals surface area contributed by atoms with Crippen molar-refractivity contribution in [1.29, 1.82) is 0 Å². The molecule has 0 atom stereocenters. The van der Waals surface area contributed by atoms with E-state index in [-0.39, 0.29) is 5.41 Å². The molecule has 0 saturated carbocycles. The Balaban J connectivity index is 1.09. The van der Waals surface area contributed by atoms with Gasteiger partial charge in [0.1, 0.15) is 0 Å². The summed E-state index contributed by atoms with van der Waals surface area (Å²) in [5, 5.41) is 12.8. The van der Waals surface area contributed by atoms with Crippen molar-refractivity contribution in [2.24, 2.45) is 0 Å². The number of fused-ring (bicyclic) bond motifs is 5. The van der Waals surface area contributed by atoms with E-state index in [0.717, 1.165) is 11.4 Å². The molecule has 0 radical (unpaired) electrons. The van der Waals surface area contributed by atoms with Crippen molar-refractivity contribution in [3.63, 3.8) is 0 Å². The van der Waals surface area contributed by atoms with Crippen LogP contribution >= 0.6 is 0 Å². The molecule has 11 aromatic carbocycles. The summed E-state index contributed by atoms with van der Waals surface area (Å²) >= 11 is 0. The van der Waals surface area contributed by atoms with Crippen molar-refractivity contribution >= 4 is 70.9 Å². The Morgan fingerprint density at radius 2 is 0.914 bits per heavy atom. The van der Waals surface area contributed by atoms with Crippen LogP contribution in [0.1, 0.15) is 25.0 Å². The maximum absolute atomic E-state index is 2.50. The van der Waals surface area contributed by atoms with Gasteiger partial charge in [0.15, 0.2) is 0 Å². The fourth-order valence-corrected chi connectivity index (χ4v) is 10.3. The van der Waals surface area contributed by atoms with Gasteiger partial charge in [-0.2, -0.15) is 0 Å². The summed E-state index contributed by atoms with van der Waals surface area (Å²) in [7, 11) is 0. The first-order valence-corrected chi connectivity index (χ1v) is 20.3. The molecule has 0 amide bonds. The summed E-state index contributed by atoms with van der Waals surface area (Å²) in [5.74, 6) is 0. The molecule has 0 bridgehead atoms. The standard InChI is InChI=1S/C57H39N/c1-57(2)51-25-11-10-20-44(51)45-33-30-42(35-52(45)57)58(41-18-4-3-5-19-41)56-49-23-8-6-21-46(49)54(47-22-7-9-24-50(47)56)40-17-13-16-39(34-40)43-31-28-38-27-26-36-14-12-15-37-29-32-48(43)55(38)53(36)37/h3-35H,1-2H3. The molecule has 0 saturated heterocycles. The Morgan fingerprint density at radius 1 is 0.345 bits per heavy atom. The van der Waals surface area contributed by atoms with E-state index in [1.165, 1.54) is 104 Å². The van der Waals surface area contributed by atoms with Crippen molar-refractivity contribution in [3.05, 3.63) is 211 Å². The Kier molecular flexibility index (Phi) is 7.04. The average molecular weight is 738 g/mol. The number of nitrogens with zero attached hydrogens (tertiary/aromatic N) is 1. The minimum Gasteiger partial charge on any atom is -0.309 e. The fourth-order valence-electron chi connectivity index (χ4n) is 10.3. The van der Waals surface area contributed by atoms with Crippen LogP contribution in [-0.2, 0) is 5.41 Å². The lowest BCUT2D eigenvalue weighted by Crippen LogP contribution is -2.17. The van der Waals surface area contributed by atoms with Gasteiger partial charge >= 0.3 is 0 Å². The molecule has 11 aromatic rings. The van der Waals surface area contributed by atoms with Crippen LogP contribution in [0.3, 0.4) is 0 Å². The highest BCUT2D eigenvalue weighted by Crippen LogP contribution is 2.53. The molecule has 0 aliphatic heterocycles. The van der Waals surface area contributed by atoms with Gasteiger partial charge in [0.05, 0.1) is 5.69 Å². The van der Waals surface area contributed by atoms with E-state index in [2.05, 4.69) is 219 Å². The van der Waals surface area contributed by atoms with Crippen molar-refractivity contribution in [2.75, 3.05) is 4.90 Å². The van der Waals surface area contributed by atoms with E-state index in [4.69, 9.17) is 0 Å². The zero-order valence-corrected chi connectivity index (χ0v) is 32.5. The number of hydrogen-bond acceptors (Lipinski definition) is 1. The minimum atomic E-state index is -0.113. The molecule has 1 heteroatoms. The summed E-state index contributed by atoms with van der Waals surface area (Å²) < 4.78 is 0. The summed E-state index contributed by atoms with van der Waals surface area (Å²) in [5.41, 5.74) is 13.7. The SMILES string of the molecule is CC1(C)c2ccccc2-c2ccc(N(c3ccccc3)c3c4ccccc4c(-c4cccc(-c5ccc6ccc7cccc8ccc5c6c78)c4)c4ccccc34)cc21. The summed E-state index contributed by atoms with van der Waals surface area (Å²) in [6.07, 6.45) is 0. The normalized spacial score (nSPS) is 13.1. The lowest BCUT2D eigenvalue weighted by atomic mass is 9.82. The zero-order chi connectivity index (χ0) is 38.5. The highest BCUT2D eigenvalue weighted by molar-refractivity contribution is 6.26. The van der Waals surface area contributed by atoms with E-state index >= 15 is 0 Å². The monoisotopic (exact) mass is 737 g/mol. The Labute approximate surface area is 338 Å². The largest absolute Gasteiger partial charge is 0.309 e. The third-order valence-electron chi connectivity index (χ3n) is 13.0. The van der Waals surface area contributed by atoms with E-state index < -0.39 is 0 Å². The molecule has 1 aliphatic carbocycles. The first-order valence-electron chi connectivity index (χ1n) is 20.3. The third kappa shape index (κ3) is 4.71. The van der Waals surface area contributed by atoms with Crippen LogP contribution in [0.2, 0.25) is 0 Å². The Bertz CT molecular complexity index is 3350. The van der Waals surface area contributed by atoms with Gasteiger partial charge in [-0.3, -0.25) is 0 Å². The van der Waals surface area contributed by atoms with Gasteiger partial charge in [0, 0.05) is 27.6 Å². The van der Waals surface area contributed by atoms with Crippen LogP contribution in [0.15, 0.2) is 200 Å². The van der Waals surface area contributed by atoms with Crippen molar-refractivity contribution in [1.82, 2.24) is 0 Å². The zero-order valence-electron chi connectivity index (χ0n) is 32.5. The molecule has 1 aliphatic rings. The number of rotatable bonds is 5. The molecule has 0 spiro atoms. The molecule has 0 aromatic heterocycles. The molecule has 58 heavy (non-hydrogen) atoms. The molecule has 272 valence electrons. The third-order valence-corrected chi connectivity index (χ3v) is 13.0. The first kappa shape index (κ1) is 33.0. The van der Waals surface area contributed by atoms with Gasteiger partial charge in [-0.15, -0.1) is 0 Å². The predicted molar refractivity (Wildman–Crippen MR) is 248 cm³/mol. The maximum Gasteiger partial charge on any atom is 0.0618 e. The number of para-hydroxylation sites is 1. The average Bonchev–Trinajstić information content (AvgIpc) is 3.51. The molecule has 1 nitrogen and oxygen atoms in total. The highest BCUT2D eigenvalue weighted by Gasteiger charge is 2.36. The Morgan fingerprint density at radius 3 is 1.67 bits per heavy atom. The van der Waals surface area contributed by atoms with Gasteiger partial charge in [0.2, 0.25) is 0 Å². The van der Waals surface area contributed by atoms with Crippen LogP contribution in [0, 0.1) is 0 Å². The van der Waals surface area contributed by atoms with E-state index in [1.54, 1.807) is 0 Å². The van der Waals surface area contributed by atoms with E-state index in [0.29, 0.717) is 0 Å². The quantitative estimate of drug-likeness (QED) is 0.126. The van der Waals surface area contributed by atoms with Crippen LogP contribution in [-0.4, -0.2) is 0 Å². The topological polar surface area (TPSA) is 3.24 Å². The van der Waals surface area contributed by atoms with Gasteiger partial charge in [-0.05, 0) is 118 Å². The molecule has 0 fully saturated rings. The van der Waals surface area contributed by atoms with Crippen molar-refractivity contribution in [2.45, 2.75) is 19.3 Å². The van der Waals surface area contributed by atoms with Crippen LogP contribution in [0.25, 0.3) is 87.2 Å². The highest BCUT2D eigenvalue weighted by atomic mass is 15.1. The van der Waals surface area contributed by atoms with Crippen LogP contribution in [0.4, 0.5) is 17.1 Å². The fraction of sp³-hybridized carbons (Fsp3) is 0.0526. The summed E-state index contributed by atoms with van der Waals surface area (Å²) in [6, 6.07) is 74.5. The lowest BCUT2D eigenvalue weighted by molar-refractivity contribution is 0.660. The second kappa shape index (κ2) is 12.4. The van der Waals surface area contributed by atoms with Crippen molar-refractivity contribution < 1.29 is 0 Å². The minimum absolute atomic E-state index is 0.113. The number of benzene rings is 11. The Hall–Kier alpha value is -7.22. The maximum atomic E-state index is 2.50. The predicted octanol–water partition coefficient (Wildman–Crippen LogP) is 16.0. The first-order chi connectivity index (χ1) is 28.5. The number of anilines is 3. The second-order valence-electron chi connectivity index (χ2n) is 16.4. The molecular formula is C57H39N. The van der Waals surface area contributed by atoms with E-state index in [9.17, 15) is 0 Å². The molecule has 0 N–H and O–H groups in total. The van der Waals surface area contributed by atoms with Gasteiger partial charge in [-0.25, -0.2) is 0 Å². The lowest BCUT2D eigenvalue weighted by Gasteiger charge is -2.31. The molecular weight excluding hydrogens is 699 g/mol. The van der Waals surface area contributed by atoms with Crippen molar-refractivity contribution in [3.8, 4) is 33.4 Å². The number of hydrogen-bond donors (Lipinski definition) is 0. The van der Waals surface area contributed by atoms with Gasteiger partial charge < -0.3 is 4.90 Å². The van der Waals surface area contributed by atoms with Crippen LogP contribution < -0.4 is 4.90 Å². The molecule has 0 heterocycles. The van der Waals surface area contributed by atoms with Crippen LogP contribution in [0.5, 0.6) is 0 Å². The summed E-state index contributed by atoms with van der Waals surface area (Å²) in [6.45, 7) is 4.73. The molecule has 0 unspecified atom stereocenters.